The summed E-state index contributed by atoms with van der Waals surface area (Å²) in [5.74, 6) is 0.0960. The lowest BCUT2D eigenvalue weighted by Crippen LogP contribution is -2.36. The number of amides is 1. The quantitative estimate of drug-likeness (QED) is 0.484. The molecular formula is C20H19N6O3+. The van der Waals surface area contributed by atoms with Gasteiger partial charge in [0.25, 0.3) is 17.1 Å². The van der Waals surface area contributed by atoms with Gasteiger partial charge in [-0.1, -0.05) is 30.3 Å². The third-order valence-corrected chi connectivity index (χ3v) is 4.69. The summed E-state index contributed by atoms with van der Waals surface area (Å²) in [4.78, 5) is 44.3. The SMILES string of the molecule is Cn1c(=O)c2[nH]c(-[n+]3cccc(C(=O)NCc4ccccc4)c3)nc2n(C)c1=O. The van der Waals surface area contributed by atoms with Gasteiger partial charge in [-0.2, -0.15) is 0 Å². The van der Waals surface area contributed by atoms with Gasteiger partial charge >= 0.3 is 11.6 Å². The summed E-state index contributed by atoms with van der Waals surface area (Å²) in [6, 6.07) is 13.0. The average Bonchev–Trinajstić information content (AvgIpc) is 3.21. The number of H-pyrrole nitrogens is 1. The van der Waals surface area contributed by atoms with Crippen molar-refractivity contribution in [3.05, 3.63) is 86.8 Å². The van der Waals surface area contributed by atoms with Crippen LogP contribution >= 0.6 is 0 Å². The topological polar surface area (TPSA) is 106 Å². The number of aromatic amines is 1. The molecule has 0 spiro atoms. The number of aryl methyl sites for hydroxylation is 1. The first-order chi connectivity index (χ1) is 14.0. The first-order valence-electron chi connectivity index (χ1n) is 8.95. The fourth-order valence-corrected chi connectivity index (χ4v) is 3.06. The number of nitrogens with zero attached hydrogens (tertiary/aromatic N) is 4. The van der Waals surface area contributed by atoms with Crippen molar-refractivity contribution in [3.63, 3.8) is 0 Å². The van der Waals surface area contributed by atoms with Crippen molar-refractivity contribution >= 4 is 17.1 Å². The predicted molar refractivity (Wildman–Crippen MR) is 106 cm³/mol. The zero-order valence-electron chi connectivity index (χ0n) is 15.9. The second kappa shape index (κ2) is 7.19. The van der Waals surface area contributed by atoms with Gasteiger partial charge in [-0.05, 0) is 22.7 Å². The summed E-state index contributed by atoms with van der Waals surface area (Å²) in [7, 11) is 2.96. The predicted octanol–water partition coefficient (Wildman–Crippen LogP) is 0.167. The van der Waals surface area contributed by atoms with E-state index in [0.717, 1.165) is 10.1 Å². The van der Waals surface area contributed by atoms with Gasteiger partial charge in [0.1, 0.15) is 0 Å². The van der Waals surface area contributed by atoms with Crippen LogP contribution in [-0.4, -0.2) is 25.0 Å². The lowest BCUT2D eigenvalue weighted by Gasteiger charge is -2.05. The largest absolute Gasteiger partial charge is 0.403 e. The smallest absolute Gasteiger partial charge is 0.348 e. The molecule has 0 saturated carbocycles. The first kappa shape index (κ1) is 18.4. The van der Waals surface area contributed by atoms with Crippen molar-refractivity contribution in [1.82, 2.24) is 24.4 Å². The Balaban J connectivity index is 1.66. The van der Waals surface area contributed by atoms with Crippen molar-refractivity contribution in [3.8, 4) is 5.95 Å². The zero-order valence-corrected chi connectivity index (χ0v) is 15.9. The Morgan fingerprint density at radius 1 is 1.10 bits per heavy atom. The molecule has 9 nitrogen and oxygen atoms in total. The van der Waals surface area contributed by atoms with E-state index in [4.69, 9.17) is 0 Å². The summed E-state index contributed by atoms with van der Waals surface area (Å²) < 4.78 is 3.91. The minimum absolute atomic E-state index is 0.219. The van der Waals surface area contributed by atoms with Gasteiger partial charge in [0.15, 0.2) is 0 Å². The van der Waals surface area contributed by atoms with Crippen LogP contribution < -0.4 is 21.1 Å². The van der Waals surface area contributed by atoms with Gasteiger partial charge in [-0.15, -0.1) is 0 Å². The minimum atomic E-state index is -0.459. The molecule has 0 radical (unpaired) electrons. The molecule has 0 unspecified atom stereocenters. The van der Waals surface area contributed by atoms with Gasteiger partial charge in [0.2, 0.25) is 5.52 Å². The number of pyridine rings is 1. The Labute approximate surface area is 164 Å². The molecule has 0 atom stereocenters. The molecule has 0 aliphatic rings. The first-order valence-corrected chi connectivity index (χ1v) is 8.95. The molecule has 0 saturated heterocycles. The van der Waals surface area contributed by atoms with Crippen LogP contribution in [0.5, 0.6) is 0 Å². The number of carbonyl (C=O) groups is 1. The van der Waals surface area contributed by atoms with Crippen LogP contribution in [0.25, 0.3) is 17.1 Å². The van der Waals surface area contributed by atoms with E-state index in [1.807, 2.05) is 30.3 Å². The van der Waals surface area contributed by atoms with Crippen LogP contribution in [0.2, 0.25) is 0 Å². The maximum atomic E-state index is 12.5. The highest BCUT2D eigenvalue weighted by atomic mass is 16.2. The Morgan fingerprint density at radius 2 is 1.86 bits per heavy atom. The molecule has 0 fully saturated rings. The summed E-state index contributed by atoms with van der Waals surface area (Å²) in [6.07, 6.45) is 3.31. The molecule has 4 aromatic rings. The van der Waals surface area contributed by atoms with E-state index < -0.39 is 11.2 Å². The molecule has 3 heterocycles. The third-order valence-electron chi connectivity index (χ3n) is 4.69. The minimum Gasteiger partial charge on any atom is -0.348 e. The Morgan fingerprint density at radius 3 is 2.62 bits per heavy atom. The zero-order chi connectivity index (χ0) is 20.5. The van der Waals surface area contributed by atoms with Crippen molar-refractivity contribution in [2.24, 2.45) is 14.1 Å². The van der Waals surface area contributed by atoms with Crippen LogP contribution in [0.4, 0.5) is 0 Å². The summed E-state index contributed by atoms with van der Waals surface area (Å²) in [5, 5.41) is 2.87. The Hall–Kier alpha value is -4.01. The number of nitrogens with one attached hydrogen (secondary N) is 2. The normalized spacial score (nSPS) is 11.0. The van der Waals surface area contributed by atoms with E-state index in [0.29, 0.717) is 18.1 Å². The van der Waals surface area contributed by atoms with Crippen LogP contribution in [0, 0.1) is 0 Å². The number of aromatic nitrogens is 5. The Bertz CT molecular complexity index is 1330. The highest BCUT2D eigenvalue weighted by Crippen LogP contribution is 2.05. The van der Waals surface area contributed by atoms with E-state index in [9.17, 15) is 14.4 Å². The van der Waals surface area contributed by atoms with Crippen LogP contribution in [-0.2, 0) is 20.6 Å². The molecule has 1 aromatic carbocycles. The lowest BCUT2D eigenvalue weighted by molar-refractivity contribution is -0.603. The molecule has 29 heavy (non-hydrogen) atoms. The molecular weight excluding hydrogens is 372 g/mol. The second-order valence-electron chi connectivity index (χ2n) is 6.63. The highest BCUT2D eigenvalue weighted by Gasteiger charge is 2.21. The van der Waals surface area contributed by atoms with E-state index in [-0.39, 0.29) is 17.1 Å². The van der Waals surface area contributed by atoms with Gasteiger partial charge in [-0.25, -0.2) is 14.3 Å². The maximum absolute atomic E-state index is 12.5. The number of benzene rings is 1. The van der Waals surface area contributed by atoms with E-state index in [1.165, 1.54) is 11.6 Å². The average molecular weight is 391 g/mol. The van der Waals surface area contributed by atoms with E-state index in [1.54, 1.807) is 36.1 Å². The highest BCUT2D eigenvalue weighted by molar-refractivity contribution is 5.93. The van der Waals surface area contributed by atoms with Gasteiger partial charge in [0.05, 0.1) is 18.0 Å². The number of carbonyl (C=O) groups excluding carboxylic acids is 1. The molecule has 4 rings (SSSR count). The van der Waals surface area contributed by atoms with Gasteiger partial charge in [-0.3, -0.25) is 18.7 Å². The molecule has 0 aliphatic carbocycles. The Kier molecular flexibility index (Phi) is 4.55. The second-order valence-corrected chi connectivity index (χ2v) is 6.63. The number of fused-ring (bicyclic) bond motifs is 1. The molecule has 3 aromatic heterocycles. The molecule has 9 heteroatoms. The fraction of sp³-hybridized carbons (Fsp3) is 0.150. The molecule has 0 aliphatic heterocycles. The van der Waals surface area contributed by atoms with Crippen molar-refractivity contribution in [2.75, 3.05) is 0 Å². The van der Waals surface area contributed by atoms with Crippen LogP contribution in [0.3, 0.4) is 0 Å². The van der Waals surface area contributed by atoms with Crippen molar-refractivity contribution in [2.45, 2.75) is 6.54 Å². The van der Waals surface area contributed by atoms with E-state index >= 15 is 0 Å². The number of imidazole rings is 1. The van der Waals surface area contributed by atoms with Gasteiger partial charge < -0.3 is 5.32 Å². The third kappa shape index (κ3) is 3.33. The summed E-state index contributed by atoms with van der Waals surface area (Å²) in [6.45, 7) is 0.414. The molecule has 0 bridgehead atoms. The fourth-order valence-electron chi connectivity index (χ4n) is 3.06. The van der Waals surface area contributed by atoms with Crippen LogP contribution in [0.1, 0.15) is 15.9 Å². The standard InChI is InChI=1S/C20H18N6O3/c1-24-16-15(18(28)25(2)20(24)29)22-19(23-16)26-10-6-9-14(12-26)17(27)21-11-13-7-4-3-5-8-13/h3-10,12H,11H2,1-2H3,(H-,21,22,23,27,28)/p+1. The summed E-state index contributed by atoms with van der Waals surface area (Å²) >= 11 is 0. The molecule has 146 valence electrons. The van der Waals surface area contributed by atoms with Gasteiger partial charge in [0, 0.05) is 20.6 Å². The summed E-state index contributed by atoms with van der Waals surface area (Å²) in [5.41, 5.74) is 0.985. The molecule has 1 amide bonds. The number of rotatable bonds is 4. The van der Waals surface area contributed by atoms with Crippen LogP contribution in [0.15, 0.2) is 64.4 Å². The van der Waals surface area contributed by atoms with Crippen molar-refractivity contribution in [1.29, 1.82) is 0 Å². The number of hydrogen-bond donors (Lipinski definition) is 2. The van der Waals surface area contributed by atoms with Crippen molar-refractivity contribution < 1.29 is 9.36 Å². The molecule has 2 N–H and O–H groups in total. The monoisotopic (exact) mass is 391 g/mol. The van der Waals surface area contributed by atoms with E-state index in [2.05, 4.69) is 15.3 Å². The number of hydrogen-bond acceptors (Lipinski definition) is 4. The maximum Gasteiger partial charge on any atom is 0.403 e. The lowest BCUT2D eigenvalue weighted by atomic mass is 10.2.